The smallest absolute Gasteiger partial charge is 0.322 e. The molecule has 1 aromatic carbocycles. The Balaban J connectivity index is 2.06. The van der Waals surface area contributed by atoms with Crippen molar-refractivity contribution < 1.29 is 9.90 Å². The predicted octanol–water partition coefficient (Wildman–Crippen LogP) is 1.97. The lowest BCUT2D eigenvalue weighted by Crippen LogP contribution is -2.13. The van der Waals surface area contributed by atoms with Gasteiger partial charge in [-0.2, -0.15) is 5.10 Å². The third kappa shape index (κ3) is 2.63. The zero-order chi connectivity index (χ0) is 14.8. The van der Waals surface area contributed by atoms with Crippen molar-refractivity contribution in [1.82, 2.24) is 19.7 Å². The third-order valence-corrected chi connectivity index (χ3v) is 3.06. The van der Waals surface area contributed by atoms with Gasteiger partial charge in [0.1, 0.15) is 18.7 Å². The van der Waals surface area contributed by atoms with Crippen LogP contribution in [0.2, 0.25) is 5.02 Å². The molecular weight excluding hydrogens is 294 g/mol. The molecule has 0 amide bonds. The molecular formula is C13H10ClN5O2. The van der Waals surface area contributed by atoms with Crippen molar-refractivity contribution in [2.45, 2.75) is 0 Å². The van der Waals surface area contributed by atoms with Crippen molar-refractivity contribution in [1.29, 1.82) is 0 Å². The SMILES string of the molecule is O=C(O)CNc1ncnc2c1cnn2-c1cccc(Cl)c1. The minimum absolute atomic E-state index is 0.228. The van der Waals surface area contributed by atoms with E-state index < -0.39 is 5.97 Å². The first-order chi connectivity index (χ1) is 10.1. The summed E-state index contributed by atoms with van der Waals surface area (Å²) >= 11 is 5.98. The molecule has 2 aromatic heterocycles. The highest BCUT2D eigenvalue weighted by Gasteiger charge is 2.11. The number of carboxylic acid groups (broad SMARTS) is 1. The van der Waals surface area contributed by atoms with Gasteiger partial charge < -0.3 is 10.4 Å². The minimum Gasteiger partial charge on any atom is -0.480 e. The van der Waals surface area contributed by atoms with Gasteiger partial charge in [0.25, 0.3) is 0 Å². The van der Waals surface area contributed by atoms with Crippen molar-refractivity contribution in [2.24, 2.45) is 0 Å². The lowest BCUT2D eigenvalue weighted by molar-refractivity contribution is -0.134. The molecule has 2 N–H and O–H groups in total. The van der Waals surface area contributed by atoms with Crippen LogP contribution in [0, 0.1) is 0 Å². The van der Waals surface area contributed by atoms with Crippen LogP contribution in [0.5, 0.6) is 0 Å². The predicted molar refractivity (Wildman–Crippen MR) is 77.8 cm³/mol. The number of nitrogens with one attached hydrogen (secondary N) is 1. The number of carboxylic acids is 1. The molecule has 3 rings (SSSR count). The molecule has 0 aliphatic carbocycles. The molecule has 0 bridgehead atoms. The van der Waals surface area contributed by atoms with Crippen LogP contribution in [-0.4, -0.2) is 37.4 Å². The average molecular weight is 304 g/mol. The number of carbonyl (C=O) groups is 1. The topological polar surface area (TPSA) is 92.9 Å². The second kappa shape index (κ2) is 5.37. The highest BCUT2D eigenvalue weighted by Crippen LogP contribution is 2.22. The van der Waals surface area contributed by atoms with E-state index in [4.69, 9.17) is 16.7 Å². The van der Waals surface area contributed by atoms with E-state index in [0.29, 0.717) is 21.9 Å². The first-order valence-corrected chi connectivity index (χ1v) is 6.43. The van der Waals surface area contributed by atoms with Crippen LogP contribution in [0.25, 0.3) is 16.7 Å². The van der Waals surface area contributed by atoms with E-state index in [2.05, 4.69) is 20.4 Å². The molecule has 0 atom stereocenters. The molecule has 0 aliphatic rings. The van der Waals surface area contributed by atoms with Gasteiger partial charge in [-0.25, -0.2) is 14.6 Å². The maximum atomic E-state index is 10.6. The van der Waals surface area contributed by atoms with E-state index in [1.807, 2.05) is 12.1 Å². The summed E-state index contributed by atoms with van der Waals surface area (Å²) in [5.41, 5.74) is 1.33. The number of anilines is 1. The van der Waals surface area contributed by atoms with Crippen molar-refractivity contribution in [3.8, 4) is 5.69 Å². The molecule has 0 unspecified atom stereocenters. The Hall–Kier alpha value is -2.67. The highest BCUT2D eigenvalue weighted by molar-refractivity contribution is 6.30. The van der Waals surface area contributed by atoms with Gasteiger partial charge in [-0.15, -0.1) is 0 Å². The fraction of sp³-hybridized carbons (Fsp3) is 0.0769. The third-order valence-electron chi connectivity index (χ3n) is 2.83. The van der Waals surface area contributed by atoms with Gasteiger partial charge in [0, 0.05) is 5.02 Å². The number of rotatable bonds is 4. The summed E-state index contributed by atoms with van der Waals surface area (Å²) in [6, 6.07) is 7.20. The van der Waals surface area contributed by atoms with Gasteiger partial charge >= 0.3 is 5.97 Å². The van der Waals surface area contributed by atoms with E-state index in [9.17, 15) is 4.79 Å². The summed E-state index contributed by atoms with van der Waals surface area (Å²) < 4.78 is 1.62. The van der Waals surface area contributed by atoms with E-state index in [-0.39, 0.29) is 6.54 Å². The maximum absolute atomic E-state index is 10.6. The first-order valence-electron chi connectivity index (χ1n) is 6.05. The second-order valence-electron chi connectivity index (χ2n) is 4.24. The molecule has 8 heteroatoms. The van der Waals surface area contributed by atoms with Crippen LogP contribution >= 0.6 is 11.6 Å². The van der Waals surface area contributed by atoms with Gasteiger partial charge in [0.2, 0.25) is 0 Å². The fourth-order valence-electron chi connectivity index (χ4n) is 1.94. The molecule has 106 valence electrons. The Bertz CT molecular complexity index is 817. The number of aliphatic carboxylic acids is 1. The van der Waals surface area contributed by atoms with E-state index in [1.165, 1.54) is 6.33 Å². The number of hydrogen-bond donors (Lipinski definition) is 2. The standard InChI is InChI=1S/C13H10ClN5O2/c14-8-2-1-3-9(4-8)19-13-10(5-18-19)12(16-7-17-13)15-6-11(20)21/h1-5,7H,6H2,(H,20,21)(H,15,16,17). The van der Waals surface area contributed by atoms with Crippen LogP contribution in [0.4, 0.5) is 5.82 Å². The Kier molecular flexibility index (Phi) is 3.41. The zero-order valence-electron chi connectivity index (χ0n) is 10.7. The van der Waals surface area contributed by atoms with Crippen LogP contribution in [0.15, 0.2) is 36.8 Å². The molecule has 0 spiro atoms. The molecule has 0 saturated carbocycles. The Labute approximate surface area is 124 Å². The van der Waals surface area contributed by atoms with Crippen LogP contribution in [0.3, 0.4) is 0 Å². The molecule has 0 fully saturated rings. The van der Waals surface area contributed by atoms with Gasteiger partial charge in [-0.1, -0.05) is 17.7 Å². The normalized spacial score (nSPS) is 10.7. The van der Waals surface area contributed by atoms with E-state index in [0.717, 1.165) is 5.69 Å². The number of benzene rings is 1. The fourth-order valence-corrected chi connectivity index (χ4v) is 2.13. The van der Waals surface area contributed by atoms with Gasteiger partial charge in [-0.05, 0) is 18.2 Å². The van der Waals surface area contributed by atoms with Crippen molar-refractivity contribution in [3.63, 3.8) is 0 Å². The number of hydrogen-bond acceptors (Lipinski definition) is 5. The average Bonchev–Trinajstić information content (AvgIpc) is 2.89. The van der Waals surface area contributed by atoms with Gasteiger partial charge in [0.15, 0.2) is 5.65 Å². The Morgan fingerprint density at radius 2 is 2.24 bits per heavy atom. The summed E-state index contributed by atoms with van der Waals surface area (Å²) in [6.07, 6.45) is 2.94. The summed E-state index contributed by atoms with van der Waals surface area (Å²) in [6.45, 7) is -0.228. The number of nitrogens with zero attached hydrogens (tertiary/aromatic N) is 4. The molecule has 7 nitrogen and oxygen atoms in total. The summed E-state index contributed by atoms with van der Waals surface area (Å²) in [5, 5.41) is 16.9. The molecule has 0 saturated heterocycles. The number of halogens is 1. The number of aromatic nitrogens is 4. The van der Waals surface area contributed by atoms with Crippen molar-refractivity contribution in [2.75, 3.05) is 11.9 Å². The minimum atomic E-state index is -0.969. The lowest BCUT2D eigenvalue weighted by atomic mass is 10.3. The number of fused-ring (bicyclic) bond motifs is 1. The first kappa shape index (κ1) is 13.3. The lowest BCUT2D eigenvalue weighted by Gasteiger charge is -2.05. The van der Waals surface area contributed by atoms with Crippen molar-refractivity contribution >= 4 is 34.4 Å². The van der Waals surface area contributed by atoms with Crippen LogP contribution in [-0.2, 0) is 4.79 Å². The monoisotopic (exact) mass is 303 g/mol. The highest BCUT2D eigenvalue weighted by atomic mass is 35.5. The summed E-state index contributed by atoms with van der Waals surface area (Å²) in [7, 11) is 0. The Morgan fingerprint density at radius 3 is 3.00 bits per heavy atom. The van der Waals surface area contributed by atoms with Crippen molar-refractivity contribution in [3.05, 3.63) is 41.8 Å². The zero-order valence-corrected chi connectivity index (χ0v) is 11.4. The quantitative estimate of drug-likeness (QED) is 0.765. The molecule has 2 heterocycles. The molecule has 21 heavy (non-hydrogen) atoms. The molecule has 3 aromatic rings. The van der Waals surface area contributed by atoms with E-state index >= 15 is 0 Å². The molecule has 0 aliphatic heterocycles. The Morgan fingerprint density at radius 1 is 1.38 bits per heavy atom. The maximum Gasteiger partial charge on any atom is 0.322 e. The second-order valence-corrected chi connectivity index (χ2v) is 4.68. The van der Waals surface area contributed by atoms with Crippen LogP contribution < -0.4 is 5.32 Å². The summed E-state index contributed by atoms with van der Waals surface area (Å²) in [4.78, 5) is 18.9. The van der Waals surface area contributed by atoms with E-state index in [1.54, 1.807) is 23.0 Å². The van der Waals surface area contributed by atoms with Gasteiger partial charge in [-0.3, -0.25) is 4.79 Å². The summed E-state index contributed by atoms with van der Waals surface area (Å²) in [5.74, 6) is -0.542. The molecule has 0 radical (unpaired) electrons. The van der Waals surface area contributed by atoms with Crippen LogP contribution in [0.1, 0.15) is 0 Å². The van der Waals surface area contributed by atoms with Gasteiger partial charge in [0.05, 0.1) is 17.3 Å². The largest absolute Gasteiger partial charge is 0.480 e.